The number of fused-ring (bicyclic) bond motifs is 1. The molecule has 0 spiro atoms. The van der Waals surface area contributed by atoms with Crippen LogP contribution in [0.5, 0.6) is 0 Å². The van der Waals surface area contributed by atoms with Crippen molar-refractivity contribution in [3.63, 3.8) is 0 Å². The molecule has 0 aromatic carbocycles. The second kappa shape index (κ2) is 7.22. The third kappa shape index (κ3) is 3.51. The normalized spacial score (nSPS) is 11.4. The molecule has 0 unspecified atom stereocenters. The first-order valence-electron chi connectivity index (χ1n) is 8.05. The smallest absolute Gasteiger partial charge is 0.350 e. The number of H-pyrrole nitrogens is 1. The van der Waals surface area contributed by atoms with Crippen molar-refractivity contribution in [3.05, 3.63) is 50.7 Å². The van der Waals surface area contributed by atoms with Gasteiger partial charge in [-0.2, -0.15) is 5.10 Å². The Morgan fingerprint density at radius 1 is 1.40 bits per heavy atom. The Balaban J connectivity index is 1.57. The van der Waals surface area contributed by atoms with Gasteiger partial charge in [-0.3, -0.25) is 14.3 Å². The van der Waals surface area contributed by atoms with Gasteiger partial charge in [0.05, 0.1) is 10.2 Å². The fourth-order valence-electron chi connectivity index (χ4n) is 2.50. The zero-order valence-corrected chi connectivity index (χ0v) is 15.6. The largest absolute Gasteiger partial charge is 0.351 e. The van der Waals surface area contributed by atoms with E-state index in [1.807, 2.05) is 19.9 Å². The minimum Gasteiger partial charge on any atom is -0.351 e. The van der Waals surface area contributed by atoms with Crippen LogP contribution in [-0.2, 0) is 6.54 Å². The molecule has 0 aliphatic heterocycles. The number of hydrogen-bond acceptors (Lipinski definition) is 4. The monoisotopic (exact) mass is 406 g/mol. The van der Waals surface area contributed by atoms with Crippen LogP contribution in [0.2, 0.25) is 0 Å². The lowest BCUT2D eigenvalue weighted by molar-refractivity contribution is 0.0947. The van der Waals surface area contributed by atoms with E-state index in [1.54, 1.807) is 18.3 Å². The Morgan fingerprint density at radius 3 is 2.88 bits per heavy atom. The predicted molar refractivity (Wildman–Crippen MR) is 96.8 cm³/mol. The number of rotatable bonds is 6. The molecule has 0 fully saturated rings. The van der Waals surface area contributed by atoms with Crippen LogP contribution in [0.1, 0.15) is 42.4 Å². The molecule has 132 valence electrons. The summed E-state index contributed by atoms with van der Waals surface area (Å²) in [6, 6.07) is 5.40. The second-order valence-electron chi connectivity index (χ2n) is 6.00. The molecule has 3 rings (SSSR count). The molecule has 9 heteroatoms. The summed E-state index contributed by atoms with van der Waals surface area (Å²) >= 11 is 3.41. The highest BCUT2D eigenvalue weighted by Crippen LogP contribution is 2.25. The van der Waals surface area contributed by atoms with Gasteiger partial charge in [-0.1, -0.05) is 19.9 Å². The molecule has 0 saturated carbocycles. The lowest BCUT2D eigenvalue weighted by Gasteiger charge is -2.04. The van der Waals surface area contributed by atoms with Gasteiger partial charge in [0.15, 0.2) is 11.3 Å². The van der Waals surface area contributed by atoms with Gasteiger partial charge in [-0.25, -0.2) is 9.48 Å². The number of nitrogens with one attached hydrogen (secondary N) is 2. The summed E-state index contributed by atoms with van der Waals surface area (Å²) in [6.45, 7) is 4.90. The highest BCUT2D eigenvalue weighted by Gasteiger charge is 2.18. The second-order valence-corrected chi connectivity index (χ2v) is 6.79. The van der Waals surface area contributed by atoms with Crippen molar-refractivity contribution in [1.82, 2.24) is 29.7 Å². The lowest BCUT2D eigenvalue weighted by Crippen LogP contribution is -2.28. The number of hydrogen-bond donors (Lipinski definition) is 2. The first-order valence-corrected chi connectivity index (χ1v) is 8.84. The van der Waals surface area contributed by atoms with Crippen molar-refractivity contribution < 1.29 is 4.79 Å². The summed E-state index contributed by atoms with van der Waals surface area (Å²) in [7, 11) is 0. The van der Waals surface area contributed by atoms with Crippen LogP contribution in [0.15, 0.2) is 33.7 Å². The summed E-state index contributed by atoms with van der Waals surface area (Å²) in [5.41, 5.74) is 1.66. The van der Waals surface area contributed by atoms with Crippen molar-refractivity contribution >= 4 is 27.5 Å². The van der Waals surface area contributed by atoms with E-state index in [4.69, 9.17) is 0 Å². The molecule has 3 aromatic rings. The average Bonchev–Trinajstić information content (AvgIpc) is 3.13. The molecule has 25 heavy (non-hydrogen) atoms. The third-order valence-electron chi connectivity index (χ3n) is 3.85. The fraction of sp³-hybridized carbons (Fsp3) is 0.375. The topological polar surface area (TPSA) is 97.1 Å². The average molecular weight is 407 g/mol. The Morgan fingerprint density at radius 2 is 2.20 bits per heavy atom. The number of aromatic nitrogens is 5. The highest BCUT2D eigenvalue weighted by molar-refractivity contribution is 9.10. The van der Waals surface area contributed by atoms with E-state index < -0.39 is 0 Å². The van der Waals surface area contributed by atoms with Crippen LogP contribution in [0.25, 0.3) is 5.65 Å². The summed E-state index contributed by atoms with van der Waals surface area (Å²) in [5, 5.41) is 14.0. The number of pyridine rings is 1. The van der Waals surface area contributed by atoms with Crippen LogP contribution in [0.4, 0.5) is 0 Å². The number of aryl methyl sites for hydroxylation is 1. The van der Waals surface area contributed by atoms with Gasteiger partial charge < -0.3 is 5.32 Å². The van der Waals surface area contributed by atoms with Crippen LogP contribution in [-0.4, -0.2) is 36.8 Å². The zero-order valence-electron chi connectivity index (χ0n) is 14.0. The molecular formula is C16H19BrN6O2. The van der Waals surface area contributed by atoms with Crippen LogP contribution < -0.4 is 11.0 Å². The summed E-state index contributed by atoms with van der Waals surface area (Å²) in [6.07, 6.45) is 2.28. The molecule has 3 aromatic heterocycles. The van der Waals surface area contributed by atoms with Crippen molar-refractivity contribution in [3.8, 4) is 0 Å². The molecule has 0 atom stereocenters. The fourth-order valence-corrected chi connectivity index (χ4v) is 3.32. The van der Waals surface area contributed by atoms with Gasteiger partial charge in [-0.15, -0.1) is 5.10 Å². The standard InChI is InChI=1S/C16H19BrN6O2/c1-10(2)13-12(17)14(20-19-13)15(24)18-7-5-9-23-16(25)22-8-4-3-6-11(22)21-23/h3-4,6,8,10H,5,7,9H2,1-2H3,(H,18,24)(H,19,20). The van der Waals surface area contributed by atoms with E-state index in [0.717, 1.165) is 5.69 Å². The van der Waals surface area contributed by atoms with E-state index in [1.165, 1.54) is 9.08 Å². The minimum atomic E-state index is -0.252. The summed E-state index contributed by atoms with van der Waals surface area (Å²) in [4.78, 5) is 24.4. The molecule has 0 saturated heterocycles. The van der Waals surface area contributed by atoms with Crippen LogP contribution in [0.3, 0.4) is 0 Å². The highest BCUT2D eigenvalue weighted by atomic mass is 79.9. The lowest BCUT2D eigenvalue weighted by atomic mass is 10.1. The van der Waals surface area contributed by atoms with Gasteiger partial charge >= 0.3 is 5.69 Å². The van der Waals surface area contributed by atoms with Gasteiger partial charge in [-0.05, 0) is 40.4 Å². The minimum absolute atomic E-state index is 0.182. The number of carbonyl (C=O) groups excluding carboxylic acids is 1. The maximum Gasteiger partial charge on any atom is 0.350 e. The molecule has 0 aliphatic carbocycles. The molecule has 0 radical (unpaired) electrons. The molecule has 0 aliphatic rings. The van der Waals surface area contributed by atoms with Gasteiger partial charge in [0.1, 0.15) is 0 Å². The number of aromatic amines is 1. The summed E-state index contributed by atoms with van der Waals surface area (Å²) in [5.74, 6) is -0.0114. The maximum absolute atomic E-state index is 12.2. The molecule has 1 amide bonds. The van der Waals surface area contributed by atoms with Gasteiger partial charge in [0.25, 0.3) is 5.91 Å². The van der Waals surface area contributed by atoms with Crippen molar-refractivity contribution in [2.75, 3.05) is 6.54 Å². The van der Waals surface area contributed by atoms with E-state index in [-0.39, 0.29) is 17.5 Å². The number of carbonyl (C=O) groups is 1. The molecule has 0 bridgehead atoms. The molecule has 8 nitrogen and oxygen atoms in total. The van der Waals surface area contributed by atoms with E-state index in [9.17, 15) is 9.59 Å². The Kier molecular flexibility index (Phi) is 5.03. The molecular weight excluding hydrogens is 388 g/mol. The first-order chi connectivity index (χ1) is 12.0. The maximum atomic E-state index is 12.2. The summed E-state index contributed by atoms with van der Waals surface area (Å²) < 4.78 is 3.59. The van der Waals surface area contributed by atoms with Crippen molar-refractivity contribution in [2.45, 2.75) is 32.7 Å². The first kappa shape index (κ1) is 17.4. The van der Waals surface area contributed by atoms with Crippen molar-refractivity contribution in [1.29, 1.82) is 0 Å². The Labute approximate surface area is 152 Å². The van der Waals surface area contributed by atoms with E-state index in [2.05, 4.69) is 36.5 Å². The van der Waals surface area contributed by atoms with E-state index in [0.29, 0.717) is 35.3 Å². The predicted octanol–water partition coefficient (Wildman–Crippen LogP) is 1.93. The Hall–Kier alpha value is -2.42. The quantitative estimate of drug-likeness (QED) is 0.611. The number of amides is 1. The number of halogens is 1. The van der Waals surface area contributed by atoms with Crippen LogP contribution in [0, 0.1) is 0 Å². The van der Waals surface area contributed by atoms with E-state index >= 15 is 0 Å². The van der Waals surface area contributed by atoms with Gasteiger partial charge in [0, 0.05) is 19.3 Å². The SMILES string of the molecule is CC(C)c1[nH]nc(C(=O)NCCCn2nc3ccccn3c2=O)c1Br. The Bertz CT molecular complexity index is 955. The van der Waals surface area contributed by atoms with Gasteiger partial charge in [0.2, 0.25) is 0 Å². The zero-order chi connectivity index (χ0) is 18.0. The third-order valence-corrected chi connectivity index (χ3v) is 4.65. The number of nitrogens with zero attached hydrogens (tertiary/aromatic N) is 4. The molecule has 2 N–H and O–H groups in total. The van der Waals surface area contributed by atoms with Crippen LogP contribution >= 0.6 is 15.9 Å². The van der Waals surface area contributed by atoms with Crippen molar-refractivity contribution in [2.24, 2.45) is 0 Å². The molecule has 3 heterocycles.